The normalized spacial score (nSPS) is 11.9. The molecule has 0 radical (unpaired) electrons. The molecule has 0 aliphatic rings. The first-order valence-corrected chi connectivity index (χ1v) is 8.35. The SMILES string of the molecule is Cc1cc(C)nc(/N=C(/Cc2c(Cl)sc3ccccc23)NO)c1. The maximum Gasteiger partial charge on any atom is 0.154 e. The van der Waals surface area contributed by atoms with Crippen LogP contribution in [0.4, 0.5) is 5.82 Å². The smallest absolute Gasteiger partial charge is 0.154 e. The Bertz CT molecular complexity index is 868. The first kappa shape index (κ1) is 15.9. The number of amidine groups is 1. The largest absolute Gasteiger partial charge is 0.290 e. The molecule has 0 amide bonds. The zero-order chi connectivity index (χ0) is 16.4. The Morgan fingerprint density at radius 1 is 1.30 bits per heavy atom. The van der Waals surface area contributed by atoms with Crippen LogP contribution in [0.5, 0.6) is 0 Å². The van der Waals surface area contributed by atoms with E-state index in [2.05, 4.69) is 15.5 Å². The van der Waals surface area contributed by atoms with E-state index >= 15 is 0 Å². The quantitative estimate of drug-likeness (QED) is 0.406. The number of nitrogens with one attached hydrogen (secondary N) is 1. The van der Waals surface area contributed by atoms with Crippen LogP contribution in [-0.4, -0.2) is 16.0 Å². The summed E-state index contributed by atoms with van der Waals surface area (Å²) in [4.78, 5) is 8.78. The minimum atomic E-state index is 0.410. The van der Waals surface area contributed by atoms with Gasteiger partial charge < -0.3 is 0 Å². The van der Waals surface area contributed by atoms with E-state index in [1.807, 2.05) is 50.2 Å². The van der Waals surface area contributed by atoms with E-state index in [4.69, 9.17) is 11.6 Å². The molecule has 1 aromatic carbocycles. The Morgan fingerprint density at radius 2 is 2.09 bits per heavy atom. The predicted octanol–water partition coefficient (Wildman–Crippen LogP) is 4.82. The highest BCUT2D eigenvalue weighted by atomic mass is 35.5. The van der Waals surface area contributed by atoms with Crippen molar-refractivity contribution >= 4 is 44.7 Å². The van der Waals surface area contributed by atoms with Crippen molar-refractivity contribution in [2.45, 2.75) is 20.3 Å². The second-order valence-corrected chi connectivity index (χ2v) is 7.00. The van der Waals surface area contributed by atoms with Crippen molar-refractivity contribution in [1.29, 1.82) is 0 Å². The molecular formula is C17H16ClN3OS. The van der Waals surface area contributed by atoms with E-state index in [-0.39, 0.29) is 0 Å². The fourth-order valence-electron chi connectivity index (χ4n) is 2.52. The molecule has 0 atom stereocenters. The van der Waals surface area contributed by atoms with E-state index in [0.717, 1.165) is 26.9 Å². The number of fused-ring (bicyclic) bond motifs is 1. The number of aliphatic imine (C=N–C) groups is 1. The number of aromatic nitrogens is 1. The lowest BCUT2D eigenvalue weighted by atomic mass is 10.1. The molecule has 3 rings (SSSR count). The van der Waals surface area contributed by atoms with Crippen LogP contribution in [0.2, 0.25) is 4.34 Å². The summed E-state index contributed by atoms with van der Waals surface area (Å²) in [5.74, 6) is 0.975. The monoisotopic (exact) mass is 345 g/mol. The van der Waals surface area contributed by atoms with Gasteiger partial charge in [-0.1, -0.05) is 29.8 Å². The number of hydroxylamine groups is 1. The first-order chi connectivity index (χ1) is 11.1. The van der Waals surface area contributed by atoms with Gasteiger partial charge in [-0.25, -0.2) is 9.98 Å². The Morgan fingerprint density at radius 3 is 2.83 bits per heavy atom. The van der Waals surface area contributed by atoms with Crippen LogP contribution < -0.4 is 5.48 Å². The summed E-state index contributed by atoms with van der Waals surface area (Å²) in [5.41, 5.74) is 5.10. The molecular weight excluding hydrogens is 330 g/mol. The number of rotatable bonds is 3. The van der Waals surface area contributed by atoms with Crippen LogP contribution in [0.1, 0.15) is 16.8 Å². The van der Waals surface area contributed by atoms with Gasteiger partial charge in [0.1, 0.15) is 5.84 Å². The van der Waals surface area contributed by atoms with Crippen molar-refractivity contribution in [3.8, 4) is 0 Å². The van der Waals surface area contributed by atoms with E-state index in [9.17, 15) is 5.21 Å². The fourth-order valence-corrected chi connectivity index (χ4v) is 3.88. The van der Waals surface area contributed by atoms with Gasteiger partial charge >= 0.3 is 0 Å². The highest BCUT2D eigenvalue weighted by molar-refractivity contribution is 7.22. The molecule has 0 spiro atoms. The lowest BCUT2D eigenvalue weighted by Crippen LogP contribution is -2.21. The molecule has 0 aliphatic heterocycles. The van der Waals surface area contributed by atoms with Gasteiger partial charge in [0.05, 0.1) is 4.34 Å². The van der Waals surface area contributed by atoms with Gasteiger partial charge in [0.25, 0.3) is 0 Å². The molecule has 0 bridgehead atoms. The van der Waals surface area contributed by atoms with Crippen molar-refractivity contribution < 1.29 is 5.21 Å². The summed E-state index contributed by atoms with van der Waals surface area (Å²) in [5, 5.41) is 10.5. The summed E-state index contributed by atoms with van der Waals surface area (Å²) in [6.07, 6.45) is 0.411. The van der Waals surface area contributed by atoms with Gasteiger partial charge in [0.2, 0.25) is 0 Å². The van der Waals surface area contributed by atoms with Crippen molar-refractivity contribution in [3.63, 3.8) is 0 Å². The summed E-state index contributed by atoms with van der Waals surface area (Å²) in [7, 11) is 0. The Kier molecular flexibility index (Phi) is 4.61. The summed E-state index contributed by atoms with van der Waals surface area (Å²) in [6.45, 7) is 3.91. The third kappa shape index (κ3) is 3.52. The summed E-state index contributed by atoms with van der Waals surface area (Å²) in [6, 6.07) is 11.9. The molecule has 23 heavy (non-hydrogen) atoms. The molecule has 2 aromatic heterocycles. The molecule has 118 valence electrons. The molecule has 2 N–H and O–H groups in total. The molecule has 6 heteroatoms. The number of hydrogen-bond acceptors (Lipinski definition) is 4. The van der Waals surface area contributed by atoms with Gasteiger partial charge in [0, 0.05) is 16.8 Å². The third-order valence-corrected chi connectivity index (χ3v) is 4.92. The van der Waals surface area contributed by atoms with E-state index < -0.39 is 0 Å². The standard InChI is InChI=1S/C17H16ClN3OS/c1-10-7-11(2)19-15(8-10)20-16(21-22)9-13-12-5-3-4-6-14(12)23-17(13)18/h3-8,22H,9H2,1-2H3,(H,19,20,21). The second-order valence-electron chi connectivity index (χ2n) is 5.34. The zero-order valence-corrected chi connectivity index (χ0v) is 14.4. The average Bonchev–Trinajstić information content (AvgIpc) is 2.81. The number of benzene rings is 1. The number of pyridine rings is 1. The molecule has 4 nitrogen and oxygen atoms in total. The number of thiophene rings is 1. The van der Waals surface area contributed by atoms with Gasteiger partial charge in [-0.3, -0.25) is 10.7 Å². The molecule has 0 aliphatic carbocycles. The first-order valence-electron chi connectivity index (χ1n) is 7.15. The second kappa shape index (κ2) is 6.66. The molecule has 3 aromatic rings. The minimum absolute atomic E-state index is 0.410. The Balaban J connectivity index is 1.98. The van der Waals surface area contributed by atoms with Crippen molar-refractivity contribution in [3.05, 3.63) is 57.6 Å². The summed E-state index contributed by atoms with van der Waals surface area (Å²) >= 11 is 7.89. The van der Waals surface area contributed by atoms with Crippen LogP contribution in [0.25, 0.3) is 10.1 Å². The molecule has 0 saturated heterocycles. The van der Waals surface area contributed by atoms with Crippen LogP contribution >= 0.6 is 22.9 Å². The lowest BCUT2D eigenvalue weighted by Gasteiger charge is -2.06. The molecule has 0 saturated carbocycles. The highest BCUT2D eigenvalue weighted by Gasteiger charge is 2.13. The fraction of sp³-hybridized carbons (Fsp3) is 0.176. The topological polar surface area (TPSA) is 57.5 Å². The average molecular weight is 346 g/mol. The van der Waals surface area contributed by atoms with E-state index in [1.165, 1.54) is 11.3 Å². The van der Waals surface area contributed by atoms with Gasteiger partial charge in [-0.2, -0.15) is 0 Å². The lowest BCUT2D eigenvalue weighted by molar-refractivity contribution is 0.232. The van der Waals surface area contributed by atoms with E-state index in [0.29, 0.717) is 22.4 Å². The van der Waals surface area contributed by atoms with E-state index in [1.54, 1.807) is 0 Å². The van der Waals surface area contributed by atoms with Crippen LogP contribution in [0, 0.1) is 13.8 Å². The van der Waals surface area contributed by atoms with Crippen LogP contribution in [0.3, 0.4) is 0 Å². The number of aryl methyl sites for hydroxylation is 2. The van der Waals surface area contributed by atoms with Gasteiger partial charge in [0.15, 0.2) is 5.82 Å². The maximum absolute atomic E-state index is 9.44. The summed E-state index contributed by atoms with van der Waals surface area (Å²) < 4.78 is 1.83. The Labute approximate surface area is 143 Å². The van der Waals surface area contributed by atoms with Crippen LogP contribution in [-0.2, 0) is 6.42 Å². The maximum atomic E-state index is 9.44. The highest BCUT2D eigenvalue weighted by Crippen LogP contribution is 2.35. The van der Waals surface area contributed by atoms with Crippen LogP contribution in [0.15, 0.2) is 41.4 Å². The van der Waals surface area contributed by atoms with Crippen molar-refractivity contribution in [2.24, 2.45) is 4.99 Å². The third-order valence-electron chi connectivity index (χ3n) is 3.46. The number of nitrogens with zero attached hydrogens (tertiary/aromatic N) is 2. The van der Waals surface area contributed by atoms with Gasteiger partial charge in [-0.15, -0.1) is 11.3 Å². The van der Waals surface area contributed by atoms with Crippen molar-refractivity contribution in [2.75, 3.05) is 0 Å². The zero-order valence-electron chi connectivity index (χ0n) is 12.8. The number of halogens is 1. The molecule has 2 heterocycles. The van der Waals surface area contributed by atoms with Crippen molar-refractivity contribution in [1.82, 2.24) is 10.5 Å². The minimum Gasteiger partial charge on any atom is -0.290 e. The van der Waals surface area contributed by atoms with Gasteiger partial charge in [-0.05, 0) is 48.6 Å². The molecule has 0 fully saturated rings. The Hall–Kier alpha value is -1.95. The molecule has 0 unspecified atom stereocenters. The predicted molar refractivity (Wildman–Crippen MR) is 96.3 cm³/mol. The number of hydrogen-bond donors (Lipinski definition) is 2.